The van der Waals surface area contributed by atoms with Gasteiger partial charge in [0.2, 0.25) is 5.54 Å². The van der Waals surface area contributed by atoms with Crippen molar-refractivity contribution in [2.45, 2.75) is 12.1 Å². The Morgan fingerprint density at radius 2 is 1.97 bits per heavy atom. The number of amides is 3. The van der Waals surface area contributed by atoms with Crippen LogP contribution in [0.3, 0.4) is 0 Å². The van der Waals surface area contributed by atoms with Crippen molar-refractivity contribution in [2.24, 2.45) is 7.05 Å². The van der Waals surface area contributed by atoms with Crippen molar-refractivity contribution in [3.63, 3.8) is 0 Å². The van der Waals surface area contributed by atoms with Crippen LogP contribution >= 0.6 is 0 Å². The zero-order chi connectivity index (χ0) is 22.5. The molecule has 0 bridgehead atoms. The molecule has 1 aliphatic rings. The Hall–Kier alpha value is -4.45. The minimum absolute atomic E-state index is 0.0519. The maximum absolute atomic E-state index is 12.7. The molecule has 0 unspecified atom stereocenters. The fraction of sp³-hybridized carbons (Fsp3) is 0.174. The number of urea groups is 1. The zero-order valence-corrected chi connectivity index (χ0v) is 17.3. The number of carbonyl (C=O) groups excluding carboxylic acids is 2. The molecule has 0 saturated carbocycles. The van der Waals surface area contributed by atoms with Crippen LogP contribution in [-0.2, 0) is 18.4 Å². The maximum Gasteiger partial charge on any atom is 0.323 e. The van der Waals surface area contributed by atoms with Crippen LogP contribution in [0.1, 0.15) is 5.56 Å². The smallest absolute Gasteiger partial charge is 0.323 e. The second-order valence-electron chi connectivity index (χ2n) is 7.67. The largest absolute Gasteiger partial charge is 0.497 e. The molecule has 2 aromatic carbocycles. The molecule has 3 N–H and O–H groups in total. The van der Waals surface area contributed by atoms with Gasteiger partial charge >= 0.3 is 6.03 Å². The molecule has 160 valence electrons. The average Bonchev–Trinajstić information content (AvgIpc) is 3.38. The number of aryl methyl sites for hydroxylation is 1. The molecule has 0 spiro atoms. The molecule has 0 radical (unpaired) electrons. The van der Waals surface area contributed by atoms with Gasteiger partial charge in [-0.05, 0) is 36.4 Å². The molecule has 4 aromatic rings. The number of imide groups is 1. The lowest BCUT2D eigenvalue weighted by Crippen LogP contribution is -2.49. The van der Waals surface area contributed by atoms with E-state index in [0.29, 0.717) is 16.7 Å². The van der Waals surface area contributed by atoms with Gasteiger partial charge in [0, 0.05) is 41.2 Å². The number of ether oxygens (including phenoxy) is 1. The summed E-state index contributed by atoms with van der Waals surface area (Å²) in [6.45, 7) is -0.0771. The van der Waals surface area contributed by atoms with Gasteiger partial charge in [0.1, 0.15) is 5.75 Å². The van der Waals surface area contributed by atoms with Crippen LogP contribution in [0.25, 0.3) is 21.7 Å². The highest BCUT2D eigenvalue weighted by atomic mass is 16.5. The second kappa shape index (κ2) is 7.06. The summed E-state index contributed by atoms with van der Waals surface area (Å²) in [5, 5.41) is 22.3. The Bertz CT molecular complexity index is 1470. The Balaban J connectivity index is 1.55. The van der Waals surface area contributed by atoms with Crippen LogP contribution in [0, 0.1) is 11.8 Å². The van der Waals surface area contributed by atoms with Crippen molar-refractivity contribution in [1.82, 2.24) is 25.0 Å². The Morgan fingerprint density at radius 3 is 2.72 bits per heavy atom. The number of methoxy groups -OCH3 is 1. The van der Waals surface area contributed by atoms with Crippen LogP contribution in [0.2, 0.25) is 0 Å². The number of aromatic nitrogens is 3. The number of benzene rings is 2. The van der Waals surface area contributed by atoms with Gasteiger partial charge in [0.25, 0.3) is 5.91 Å². The average molecular weight is 429 g/mol. The van der Waals surface area contributed by atoms with Crippen molar-refractivity contribution in [3.05, 3.63) is 54.4 Å². The Kier molecular flexibility index (Phi) is 4.30. The molecular formula is C23H19N5O4. The fourth-order valence-electron chi connectivity index (χ4n) is 3.86. The lowest BCUT2D eigenvalue weighted by atomic mass is 9.99. The van der Waals surface area contributed by atoms with Crippen molar-refractivity contribution in [3.8, 4) is 23.5 Å². The molecule has 1 aliphatic heterocycles. The molecule has 9 heteroatoms. The minimum Gasteiger partial charge on any atom is -0.497 e. The molecule has 9 nitrogen and oxygen atoms in total. The van der Waals surface area contributed by atoms with Crippen molar-refractivity contribution < 1.29 is 19.4 Å². The van der Waals surface area contributed by atoms with Crippen molar-refractivity contribution in [1.29, 1.82) is 0 Å². The van der Waals surface area contributed by atoms with Gasteiger partial charge < -0.3 is 19.7 Å². The van der Waals surface area contributed by atoms with E-state index < -0.39 is 17.5 Å². The lowest BCUT2D eigenvalue weighted by molar-refractivity contribution is -0.122. The number of nitrogens with one attached hydrogen (secondary N) is 2. The summed E-state index contributed by atoms with van der Waals surface area (Å²) < 4.78 is 8.42. The van der Waals surface area contributed by atoms with Gasteiger partial charge in [-0.2, -0.15) is 5.10 Å². The topological polar surface area (TPSA) is 110 Å². The molecule has 1 fully saturated rings. The zero-order valence-electron chi connectivity index (χ0n) is 17.3. The summed E-state index contributed by atoms with van der Waals surface area (Å²) in [6.07, 6.45) is 3.60. The van der Waals surface area contributed by atoms with Gasteiger partial charge in [-0.3, -0.25) is 14.8 Å². The summed E-state index contributed by atoms with van der Waals surface area (Å²) in [4.78, 5) is 24.7. The van der Waals surface area contributed by atoms with E-state index in [2.05, 4.69) is 27.6 Å². The van der Waals surface area contributed by atoms with E-state index in [0.717, 1.165) is 16.3 Å². The van der Waals surface area contributed by atoms with Gasteiger partial charge in [0.15, 0.2) is 5.88 Å². The van der Waals surface area contributed by atoms with Crippen LogP contribution in [0.4, 0.5) is 4.79 Å². The van der Waals surface area contributed by atoms with E-state index in [1.165, 1.54) is 4.57 Å². The highest BCUT2D eigenvalue weighted by Gasteiger charge is 2.46. The first-order chi connectivity index (χ1) is 15.4. The van der Waals surface area contributed by atoms with Gasteiger partial charge in [-0.25, -0.2) is 4.79 Å². The second-order valence-corrected chi connectivity index (χ2v) is 7.67. The van der Waals surface area contributed by atoms with E-state index in [4.69, 9.17) is 4.74 Å². The molecule has 1 saturated heterocycles. The maximum atomic E-state index is 12.7. The molecule has 3 heterocycles. The number of hydrogen-bond acceptors (Lipinski definition) is 5. The highest BCUT2D eigenvalue weighted by molar-refractivity contribution is 6.09. The van der Waals surface area contributed by atoms with Crippen molar-refractivity contribution >= 4 is 33.6 Å². The van der Waals surface area contributed by atoms with E-state index >= 15 is 0 Å². The minimum atomic E-state index is -1.55. The summed E-state index contributed by atoms with van der Waals surface area (Å²) in [6, 6.07) is 10.2. The molecule has 32 heavy (non-hydrogen) atoms. The third-order valence-corrected chi connectivity index (χ3v) is 5.46. The number of hydrogen-bond donors (Lipinski definition) is 3. The molecule has 2 aromatic heterocycles. The quantitative estimate of drug-likeness (QED) is 0.340. The van der Waals surface area contributed by atoms with Gasteiger partial charge in [0.05, 0.1) is 19.2 Å². The summed E-state index contributed by atoms with van der Waals surface area (Å²) >= 11 is 0. The first-order valence-corrected chi connectivity index (χ1v) is 9.83. The lowest BCUT2D eigenvalue weighted by Gasteiger charge is -2.20. The standard InChI is InChI=1S/C23H19N5O4/c1-27-11-16-4-3-14(9-19(16)26-27)7-8-23(21(30)24-22(31)25-23)13-28-12-15-5-6-17(32-2)10-18(15)20(28)29/h3-6,9-12,29H,13H2,1-2H3,(H2,24,25,30,31)/t23-/m1/s1. The normalized spacial score (nSPS) is 17.8. The molecule has 3 amide bonds. The monoisotopic (exact) mass is 429 g/mol. The number of fused-ring (bicyclic) bond motifs is 2. The van der Waals surface area contributed by atoms with E-state index in [1.54, 1.807) is 36.2 Å². The van der Waals surface area contributed by atoms with E-state index in [-0.39, 0.29) is 12.4 Å². The number of carbonyl (C=O) groups is 2. The van der Waals surface area contributed by atoms with Gasteiger partial charge in [-0.15, -0.1) is 0 Å². The predicted octanol–water partition coefficient (Wildman–Crippen LogP) is 1.87. The van der Waals surface area contributed by atoms with Crippen molar-refractivity contribution in [2.75, 3.05) is 7.11 Å². The predicted molar refractivity (Wildman–Crippen MR) is 117 cm³/mol. The van der Waals surface area contributed by atoms with Gasteiger partial charge in [-0.1, -0.05) is 11.8 Å². The SMILES string of the molecule is COc1ccc2cn(C[C@@]3(C#Cc4ccc5cn(C)nc5c4)NC(=O)NC3=O)c(O)c2c1. The number of nitrogens with zero attached hydrogens (tertiary/aromatic N) is 3. The third-order valence-electron chi connectivity index (χ3n) is 5.46. The molecule has 1 atom stereocenters. The van der Waals surface area contributed by atoms with E-state index in [1.807, 2.05) is 31.4 Å². The fourth-order valence-corrected chi connectivity index (χ4v) is 3.86. The Labute approximate surface area is 182 Å². The molecule has 5 rings (SSSR count). The highest BCUT2D eigenvalue weighted by Crippen LogP contribution is 2.32. The summed E-state index contributed by atoms with van der Waals surface area (Å²) in [5.41, 5.74) is -0.125. The van der Waals surface area contributed by atoms with Crippen LogP contribution < -0.4 is 15.4 Å². The Morgan fingerprint density at radius 1 is 1.16 bits per heavy atom. The molecular weight excluding hydrogens is 410 g/mol. The number of aromatic hydroxyl groups is 1. The molecule has 0 aliphatic carbocycles. The summed E-state index contributed by atoms with van der Waals surface area (Å²) in [5.74, 6) is 5.86. The first-order valence-electron chi connectivity index (χ1n) is 9.83. The van der Waals surface area contributed by atoms with Crippen LogP contribution in [0.5, 0.6) is 11.6 Å². The first kappa shape index (κ1) is 19.5. The summed E-state index contributed by atoms with van der Waals surface area (Å²) in [7, 11) is 3.38. The van der Waals surface area contributed by atoms with E-state index in [9.17, 15) is 14.7 Å². The third kappa shape index (κ3) is 3.18. The number of rotatable bonds is 3. The van der Waals surface area contributed by atoms with Crippen LogP contribution in [0.15, 0.2) is 48.8 Å². The van der Waals surface area contributed by atoms with Crippen LogP contribution in [-0.4, -0.2) is 44.0 Å².